The summed E-state index contributed by atoms with van der Waals surface area (Å²) in [6, 6.07) is 0. The second-order valence-corrected chi connectivity index (χ2v) is 3.51. The van der Waals surface area contributed by atoms with E-state index in [-0.39, 0.29) is 16.7 Å². The number of nitro groups is 1. The first kappa shape index (κ1) is 14.6. The third-order valence-electron chi connectivity index (χ3n) is 1.93. The van der Waals surface area contributed by atoms with Gasteiger partial charge in [-0.25, -0.2) is 9.97 Å². The Labute approximate surface area is 108 Å². The molecule has 0 atom stereocenters. The Hall–Kier alpha value is -1.51. The molecule has 0 aliphatic heterocycles. The molecule has 0 fully saturated rings. The highest BCUT2D eigenvalue weighted by molar-refractivity contribution is 6.31. The van der Waals surface area contributed by atoms with Crippen molar-refractivity contribution in [2.45, 2.75) is 0 Å². The lowest BCUT2D eigenvalue weighted by Crippen LogP contribution is -2.14. The molecule has 0 amide bonds. The van der Waals surface area contributed by atoms with Crippen molar-refractivity contribution in [1.82, 2.24) is 9.97 Å². The van der Waals surface area contributed by atoms with Gasteiger partial charge in [0.05, 0.1) is 24.7 Å². The van der Waals surface area contributed by atoms with Crippen molar-refractivity contribution in [3.05, 3.63) is 21.6 Å². The number of anilines is 1. The molecule has 0 bridgehead atoms. The van der Waals surface area contributed by atoms with Crippen LogP contribution in [0.3, 0.4) is 0 Å². The number of hydrogen-bond donors (Lipinski definition) is 1. The number of aromatic nitrogens is 2. The first-order valence-corrected chi connectivity index (χ1v) is 5.50. The predicted octanol–water partition coefficient (Wildman–Crippen LogP) is 1.11. The molecule has 8 nitrogen and oxygen atoms in total. The largest absolute Gasteiger partial charge is 0.382 e. The minimum absolute atomic E-state index is 0.0790. The van der Waals surface area contributed by atoms with Gasteiger partial charge >= 0.3 is 5.69 Å². The van der Waals surface area contributed by atoms with E-state index in [9.17, 15) is 10.1 Å². The van der Waals surface area contributed by atoms with Crippen molar-refractivity contribution in [3.63, 3.8) is 0 Å². The fourth-order valence-corrected chi connectivity index (χ4v) is 1.34. The van der Waals surface area contributed by atoms with Crippen LogP contribution in [0.2, 0.25) is 5.15 Å². The summed E-state index contributed by atoms with van der Waals surface area (Å²) in [4.78, 5) is 17.5. The maximum absolute atomic E-state index is 10.8. The van der Waals surface area contributed by atoms with E-state index in [1.54, 1.807) is 7.11 Å². The van der Waals surface area contributed by atoms with Gasteiger partial charge in [-0.05, 0) is 0 Å². The van der Waals surface area contributed by atoms with Gasteiger partial charge in [0, 0.05) is 13.7 Å². The molecule has 1 heterocycles. The van der Waals surface area contributed by atoms with Crippen molar-refractivity contribution >= 4 is 23.1 Å². The quantitative estimate of drug-likeness (QED) is 0.328. The molecule has 1 aromatic rings. The highest BCUT2D eigenvalue weighted by atomic mass is 35.5. The summed E-state index contributed by atoms with van der Waals surface area (Å²) in [5.41, 5.74) is -0.337. The third-order valence-corrected chi connectivity index (χ3v) is 2.21. The molecule has 0 aliphatic carbocycles. The van der Waals surface area contributed by atoms with Crippen LogP contribution < -0.4 is 5.32 Å². The molecule has 100 valence electrons. The van der Waals surface area contributed by atoms with Gasteiger partial charge in [-0.15, -0.1) is 0 Å². The monoisotopic (exact) mass is 276 g/mol. The van der Waals surface area contributed by atoms with E-state index >= 15 is 0 Å². The Morgan fingerprint density at radius 1 is 1.44 bits per heavy atom. The summed E-state index contributed by atoms with van der Waals surface area (Å²) >= 11 is 5.63. The fraction of sp³-hybridized carbons (Fsp3) is 0.556. The molecule has 18 heavy (non-hydrogen) atoms. The van der Waals surface area contributed by atoms with Gasteiger partial charge in [0.1, 0.15) is 6.33 Å². The first-order chi connectivity index (χ1) is 8.66. The van der Waals surface area contributed by atoms with Crippen LogP contribution in [-0.4, -0.2) is 48.4 Å². The summed E-state index contributed by atoms with van der Waals surface area (Å²) in [7, 11) is 1.58. The smallest absolute Gasteiger partial charge is 0.348 e. The van der Waals surface area contributed by atoms with Crippen LogP contribution in [0.1, 0.15) is 0 Å². The zero-order valence-corrected chi connectivity index (χ0v) is 10.5. The Bertz CT molecular complexity index is 404. The maximum atomic E-state index is 10.8. The molecule has 1 rings (SSSR count). The van der Waals surface area contributed by atoms with Crippen LogP contribution in [0.25, 0.3) is 0 Å². The fourth-order valence-electron chi connectivity index (χ4n) is 1.13. The molecule has 0 aromatic carbocycles. The zero-order valence-electron chi connectivity index (χ0n) is 9.76. The van der Waals surface area contributed by atoms with Gasteiger partial charge in [0.15, 0.2) is 0 Å². The molecule has 0 spiro atoms. The topological polar surface area (TPSA) is 99.4 Å². The standard InChI is InChI=1S/C9H13ClN4O4/c1-17-4-5-18-3-2-11-9-7(14(15)16)8(10)12-6-13-9/h6H,2-5H2,1H3,(H,11,12,13). The molecule has 0 radical (unpaired) electrons. The zero-order chi connectivity index (χ0) is 13.4. The van der Waals surface area contributed by atoms with E-state index in [0.717, 1.165) is 6.33 Å². The summed E-state index contributed by atoms with van der Waals surface area (Å²) in [5, 5.41) is 13.3. The minimum atomic E-state index is -0.629. The second kappa shape index (κ2) is 7.75. The molecule has 1 N–H and O–H groups in total. The SMILES string of the molecule is COCCOCCNc1ncnc(Cl)c1[N+](=O)[O-]. The molecular weight excluding hydrogens is 264 g/mol. The Kier molecular flexibility index (Phi) is 6.26. The summed E-state index contributed by atoms with van der Waals surface area (Å²) in [6.07, 6.45) is 1.16. The molecule has 1 aromatic heterocycles. The van der Waals surface area contributed by atoms with Gasteiger partial charge in [-0.2, -0.15) is 0 Å². The number of nitrogens with zero attached hydrogens (tertiary/aromatic N) is 3. The summed E-state index contributed by atoms with van der Waals surface area (Å²) in [6.45, 7) is 1.71. The first-order valence-electron chi connectivity index (χ1n) is 5.12. The number of ether oxygens (including phenoxy) is 2. The average molecular weight is 277 g/mol. The lowest BCUT2D eigenvalue weighted by molar-refractivity contribution is -0.384. The maximum Gasteiger partial charge on any atom is 0.348 e. The van der Waals surface area contributed by atoms with Gasteiger partial charge in [0.2, 0.25) is 11.0 Å². The van der Waals surface area contributed by atoms with Crippen molar-refractivity contribution in [1.29, 1.82) is 0 Å². The Balaban J connectivity index is 2.47. The number of hydrogen-bond acceptors (Lipinski definition) is 7. The van der Waals surface area contributed by atoms with Crippen molar-refractivity contribution in [2.75, 3.05) is 38.8 Å². The van der Waals surface area contributed by atoms with Crippen LogP contribution in [-0.2, 0) is 9.47 Å². The van der Waals surface area contributed by atoms with E-state index in [4.69, 9.17) is 21.1 Å². The minimum Gasteiger partial charge on any atom is -0.382 e. The van der Waals surface area contributed by atoms with Crippen molar-refractivity contribution in [2.24, 2.45) is 0 Å². The van der Waals surface area contributed by atoms with Crippen LogP contribution >= 0.6 is 11.6 Å². The summed E-state index contributed by atoms with van der Waals surface area (Å²) in [5.74, 6) is 0.0790. The number of methoxy groups -OCH3 is 1. The molecule has 0 aliphatic rings. The van der Waals surface area contributed by atoms with Gasteiger partial charge in [0.25, 0.3) is 0 Å². The van der Waals surface area contributed by atoms with E-state index in [1.807, 2.05) is 0 Å². The summed E-state index contributed by atoms with van der Waals surface area (Å²) < 4.78 is 9.99. The van der Waals surface area contributed by atoms with Gasteiger partial charge < -0.3 is 14.8 Å². The van der Waals surface area contributed by atoms with E-state index < -0.39 is 4.92 Å². The molecule has 0 saturated carbocycles. The van der Waals surface area contributed by atoms with E-state index in [1.165, 1.54) is 0 Å². The van der Waals surface area contributed by atoms with Gasteiger partial charge in [-0.1, -0.05) is 11.6 Å². The number of halogens is 1. The van der Waals surface area contributed by atoms with Crippen molar-refractivity contribution < 1.29 is 14.4 Å². The molecule has 9 heteroatoms. The molecule has 0 unspecified atom stereocenters. The highest BCUT2D eigenvalue weighted by Gasteiger charge is 2.20. The van der Waals surface area contributed by atoms with Gasteiger partial charge in [-0.3, -0.25) is 10.1 Å². The molecular formula is C9H13ClN4O4. The van der Waals surface area contributed by atoms with Crippen LogP contribution in [0, 0.1) is 10.1 Å². The Morgan fingerprint density at radius 3 is 2.89 bits per heavy atom. The van der Waals surface area contributed by atoms with Crippen molar-refractivity contribution in [3.8, 4) is 0 Å². The lowest BCUT2D eigenvalue weighted by atomic mass is 10.4. The lowest BCUT2D eigenvalue weighted by Gasteiger charge is -2.06. The average Bonchev–Trinajstić information content (AvgIpc) is 2.33. The normalized spacial score (nSPS) is 10.3. The molecule has 0 saturated heterocycles. The van der Waals surface area contributed by atoms with Crippen LogP contribution in [0.5, 0.6) is 0 Å². The highest BCUT2D eigenvalue weighted by Crippen LogP contribution is 2.27. The number of nitrogens with one attached hydrogen (secondary N) is 1. The van der Waals surface area contributed by atoms with E-state index in [2.05, 4.69) is 15.3 Å². The van der Waals surface area contributed by atoms with Crippen LogP contribution in [0.4, 0.5) is 11.5 Å². The third kappa shape index (κ3) is 4.40. The number of rotatable bonds is 8. The van der Waals surface area contributed by atoms with Crippen LogP contribution in [0.15, 0.2) is 6.33 Å². The van der Waals surface area contributed by atoms with E-state index in [0.29, 0.717) is 26.4 Å². The predicted molar refractivity (Wildman–Crippen MR) is 64.9 cm³/mol. The second-order valence-electron chi connectivity index (χ2n) is 3.15. The Morgan fingerprint density at radius 2 is 2.22 bits per heavy atom.